The number of nitrogens with two attached hydrogens (primary N) is 2. The molecule has 0 unspecified atom stereocenters. The Morgan fingerprint density at radius 3 is 2.92 bits per heavy atom. The standard InChI is InChI=1S/C18H23N5O/c1-3-6-22-18(24)14-7-13-5-4-12(15(10-19)11-21-2)8-16(13)23-17(20)9-14/h4-5,7-8,10-11H,3,6,9,19H2,1-2H3,(H2,20,23)(H,22,24). The van der Waals surface area contributed by atoms with Crippen molar-refractivity contribution in [2.45, 2.75) is 19.8 Å². The van der Waals surface area contributed by atoms with Crippen molar-refractivity contribution in [2.24, 2.45) is 21.5 Å². The second-order valence-corrected chi connectivity index (χ2v) is 5.49. The molecule has 0 saturated heterocycles. The molecule has 2 rings (SSSR count). The topological polar surface area (TPSA) is 106 Å². The third-order valence-corrected chi connectivity index (χ3v) is 3.60. The molecule has 6 nitrogen and oxygen atoms in total. The highest BCUT2D eigenvalue weighted by Crippen LogP contribution is 2.29. The molecule has 0 aliphatic carbocycles. The average molecular weight is 325 g/mol. The largest absolute Gasteiger partial charge is 0.404 e. The summed E-state index contributed by atoms with van der Waals surface area (Å²) in [6, 6.07) is 5.73. The van der Waals surface area contributed by atoms with Crippen molar-refractivity contribution in [2.75, 3.05) is 13.6 Å². The van der Waals surface area contributed by atoms with Crippen molar-refractivity contribution in [3.63, 3.8) is 0 Å². The molecule has 126 valence electrons. The Morgan fingerprint density at radius 2 is 2.25 bits per heavy atom. The minimum atomic E-state index is -0.104. The number of fused-ring (bicyclic) bond motifs is 1. The normalized spacial score (nSPS) is 14.7. The van der Waals surface area contributed by atoms with Gasteiger partial charge in [-0.15, -0.1) is 0 Å². The molecule has 0 atom stereocenters. The lowest BCUT2D eigenvalue weighted by Crippen LogP contribution is -2.27. The second-order valence-electron chi connectivity index (χ2n) is 5.49. The van der Waals surface area contributed by atoms with E-state index in [0.29, 0.717) is 30.1 Å². The van der Waals surface area contributed by atoms with Gasteiger partial charge < -0.3 is 16.8 Å². The second kappa shape index (κ2) is 8.10. The molecule has 1 heterocycles. The molecule has 1 amide bonds. The maximum absolute atomic E-state index is 12.2. The SMILES string of the molecule is CCCNC(=O)C1=Cc2ccc(C(C=NC)=CN)cc2N=C(N)C1. The van der Waals surface area contributed by atoms with Crippen LogP contribution in [-0.4, -0.2) is 31.5 Å². The average Bonchev–Trinajstić information content (AvgIpc) is 2.74. The molecule has 0 fully saturated rings. The van der Waals surface area contributed by atoms with E-state index in [2.05, 4.69) is 15.3 Å². The van der Waals surface area contributed by atoms with Crippen LogP contribution in [0, 0.1) is 0 Å². The fraction of sp³-hybridized carbons (Fsp3) is 0.278. The zero-order valence-corrected chi connectivity index (χ0v) is 14.0. The van der Waals surface area contributed by atoms with Crippen LogP contribution < -0.4 is 16.8 Å². The third-order valence-electron chi connectivity index (χ3n) is 3.60. The summed E-state index contributed by atoms with van der Waals surface area (Å²) in [6.45, 7) is 2.65. The molecule has 1 aliphatic heterocycles. The lowest BCUT2D eigenvalue weighted by Gasteiger charge is -2.07. The molecule has 1 aromatic rings. The Bertz CT molecular complexity index is 744. The van der Waals surface area contributed by atoms with E-state index in [0.717, 1.165) is 23.1 Å². The third kappa shape index (κ3) is 4.10. The van der Waals surface area contributed by atoms with Crippen molar-refractivity contribution in [3.05, 3.63) is 41.1 Å². The van der Waals surface area contributed by atoms with Crippen LogP contribution in [0.3, 0.4) is 0 Å². The molecule has 0 spiro atoms. The number of carbonyl (C=O) groups is 1. The molecule has 1 aromatic carbocycles. The van der Waals surface area contributed by atoms with Gasteiger partial charge >= 0.3 is 0 Å². The molecule has 5 N–H and O–H groups in total. The quantitative estimate of drug-likeness (QED) is 0.721. The molecule has 0 saturated carbocycles. The molecular formula is C18H23N5O. The highest BCUT2D eigenvalue weighted by Gasteiger charge is 2.16. The van der Waals surface area contributed by atoms with Gasteiger partial charge in [0.2, 0.25) is 5.91 Å². The molecule has 6 heteroatoms. The van der Waals surface area contributed by atoms with Crippen LogP contribution in [0.5, 0.6) is 0 Å². The monoisotopic (exact) mass is 325 g/mol. The number of hydrogen-bond donors (Lipinski definition) is 3. The predicted molar refractivity (Wildman–Crippen MR) is 100 cm³/mol. The number of amidine groups is 1. The number of benzene rings is 1. The smallest absolute Gasteiger partial charge is 0.247 e. The fourth-order valence-corrected chi connectivity index (χ4v) is 2.42. The summed E-state index contributed by atoms with van der Waals surface area (Å²) in [7, 11) is 1.69. The Morgan fingerprint density at radius 1 is 1.46 bits per heavy atom. The van der Waals surface area contributed by atoms with Crippen molar-refractivity contribution in [3.8, 4) is 0 Å². The maximum atomic E-state index is 12.2. The lowest BCUT2D eigenvalue weighted by atomic mass is 10.0. The summed E-state index contributed by atoms with van der Waals surface area (Å²) in [5.41, 5.74) is 15.5. The highest BCUT2D eigenvalue weighted by atomic mass is 16.1. The van der Waals surface area contributed by atoms with Crippen LogP contribution >= 0.6 is 0 Å². The Labute approximate surface area is 142 Å². The number of rotatable bonds is 5. The van der Waals surface area contributed by atoms with Gasteiger partial charge in [-0.25, -0.2) is 4.99 Å². The zero-order chi connectivity index (χ0) is 17.5. The first kappa shape index (κ1) is 17.5. The van der Waals surface area contributed by atoms with Gasteiger partial charge in [0.1, 0.15) is 5.84 Å². The van der Waals surface area contributed by atoms with Crippen LogP contribution in [0.1, 0.15) is 30.9 Å². The van der Waals surface area contributed by atoms with Crippen molar-refractivity contribution in [1.29, 1.82) is 0 Å². The number of nitrogens with zero attached hydrogens (tertiary/aromatic N) is 2. The van der Waals surface area contributed by atoms with Crippen LogP contribution in [0.4, 0.5) is 5.69 Å². The van der Waals surface area contributed by atoms with E-state index in [1.165, 1.54) is 6.20 Å². The Hall–Kier alpha value is -2.89. The highest BCUT2D eigenvalue weighted by molar-refractivity contribution is 6.10. The molecular weight excluding hydrogens is 302 g/mol. The molecule has 0 radical (unpaired) electrons. The van der Waals surface area contributed by atoms with E-state index in [-0.39, 0.29) is 5.91 Å². The van der Waals surface area contributed by atoms with Crippen LogP contribution in [-0.2, 0) is 4.79 Å². The van der Waals surface area contributed by atoms with E-state index < -0.39 is 0 Å². The first-order valence-corrected chi connectivity index (χ1v) is 7.89. The van der Waals surface area contributed by atoms with Gasteiger partial charge in [-0.1, -0.05) is 19.1 Å². The summed E-state index contributed by atoms with van der Waals surface area (Å²) in [4.78, 5) is 20.7. The van der Waals surface area contributed by atoms with Gasteiger partial charge in [-0.3, -0.25) is 9.79 Å². The number of carbonyl (C=O) groups excluding carboxylic acids is 1. The number of nitrogens with one attached hydrogen (secondary N) is 1. The van der Waals surface area contributed by atoms with Gasteiger partial charge in [0.25, 0.3) is 0 Å². The van der Waals surface area contributed by atoms with Crippen LogP contribution in [0.2, 0.25) is 0 Å². The van der Waals surface area contributed by atoms with Gasteiger partial charge in [-0.2, -0.15) is 0 Å². The predicted octanol–water partition coefficient (Wildman–Crippen LogP) is 1.99. The van der Waals surface area contributed by atoms with Gasteiger partial charge in [-0.05, 0) is 24.1 Å². The van der Waals surface area contributed by atoms with Crippen molar-refractivity contribution in [1.82, 2.24) is 5.32 Å². The van der Waals surface area contributed by atoms with Crippen molar-refractivity contribution >= 4 is 35.3 Å². The lowest BCUT2D eigenvalue weighted by molar-refractivity contribution is -0.117. The first-order chi connectivity index (χ1) is 11.6. The van der Waals surface area contributed by atoms with Crippen LogP contribution in [0.15, 0.2) is 40.0 Å². The Balaban J connectivity index is 2.41. The van der Waals surface area contributed by atoms with E-state index in [4.69, 9.17) is 11.5 Å². The Kier molecular flexibility index (Phi) is 5.89. The van der Waals surface area contributed by atoms with Gasteiger partial charge in [0.05, 0.1) is 5.69 Å². The minimum absolute atomic E-state index is 0.104. The van der Waals surface area contributed by atoms with Gasteiger partial charge in [0, 0.05) is 49.1 Å². The summed E-state index contributed by atoms with van der Waals surface area (Å²) in [5.74, 6) is 0.304. The summed E-state index contributed by atoms with van der Waals surface area (Å²) in [5, 5.41) is 2.88. The summed E-state index contributed by atoms with van der Waals surface area (Å²) >= 11 is 0. The summed E-state index contributed by atoms with van der Waals surface area (Å²) < 4.78 is 0. The summed E-state index contributed by atoms with van der Waals surface area (Å²) in [6.07, 6.45) is 6.24. The first-order valence-electron chi connectivity index (χ1n) is 7.89. The van der Waals surface area contributed by atoms with Crippen molar-refractivity contribution < 1.29 is 4.79 Å². The number of hydrogen-bond acceptors (Lipinski definition) is 5. The number of amides is 1. The molecule has 0 bridgehead atoms. The van der Waals surface area contributed by atoms with Gasteiger partial charge in [0.15, 0.2) is 0 Å². The van der Waals surface area contributed by atoms with E-state index in [1.54, 1.807) is 13.3 Å². The van der Waals surface area contributed by atoms with Crippen LogP contribution in [0.25, 0.3) is 11.6 Å². The minimum Gasteiger partial charge on any atom is -0.404 e. The molecule has 24 heavy (non-hydrogen) atoms. The van der Waals surface area contributed by atoms with E-state index >= 15 is 0 Å². The molecule has 0 aromatic heterocycles. The maximum Gasteiger partial charge on any atom is 0.247 e. The fourth-order valence-electron chi connectivity index (χ4n) is 2.42. The van der Waals surface area contributed by atoms with E-state index in [9.17, 15) is 4.79 Å². The molecule has 1 aliphatic rings. The zero-order valence-electron chi connectivity index (χ0n) is 14.0. The number of aliphatic imine (C=N–C) groups is 2. The van der Waals surface area contributed by atoms with E-state index in [1.807, 2.05) is 31.2 Å². The number of allylic oxidation sites excluding steroid dienone is 1.